The van der Waals surface area contributed by atoms with Gasteiger partial charge in [-0.25, -0.2) is 0 Å². The molecule has 1 unspecified atom stereocenters. The molecule has 0 bridgehead atoms. The lowest BCUT2D eigenvalue weighted by Crippen LogP contribution is -2.42. The zero-order chi connectivity index (χ0) is 13.9. The van der Waals surface area contributed by atoms with Crippen molar-refractivity contribution in [3.8, 4) is 0 Å². The standard InChI is InChI=1S/C13H20N4O2S/c1-10-14-12(19-15-10)9-16-3-2-11(8-16)13(18)17-4-6-20-7-5-17/h11H,2-9H2,1H3. The molecule has 7 heteroatoms. The number of aromatic nitrogens is 2. The molecule has 3 heterocycles. The van der Waals surface area contributed by atoms with Crippen molar-refractivity contribution in [1.82, 2.24) is 19.9 Å². The van der Waals surface area contributed by atoms with Gasteiger partial charge in [-0.05, 0) is 19.9 Å². The fourth-order valence-corrected chi connectivity index (χ4v) is 3.72. The van der Waals surface area contributed by atoms with Crippen LogP contribution in [0.4, 0.5) is 0 Å². The van der Waals surface area contributed by atoms with E-state index in [2.05, 4.69) is 15.0 Å². The normalized spacial score (nSPS) is 24.2. The zero-order valence-corrected chi connectivity index (χ0v) is 12.6. The summed E-state index contributed by atoms with van der Waals surface area (Å²) in [5.41, 5.74) is 0. The molecule has 2 aliphatic rings. The summed E-state index contributed by atoms with van der Waals surface area (Å²) in [5, 5.41) is 3.80. The van der Waals surface area contributed by atoms with Crippen LogP contribution in [0.1, 0.15) is 18.1 Å². The molecule has 0 spiro atoms. The lowest BCUT2D eigenvalue weighted by molar-refractivity contribution is -0.134. The number of carbonyl (C=O) groups is 1. The van der Waals surface area contributed by atoms with Crippen molar-refractivity contribution in [1.29, 1.82) is 0 Å². The van der Waals surface area contributed by atoms with E-state index >= 15 is 0 Å². The summed E-state index contributed by atoms with van der Waals surface area (Å²) >= 11 is 1.93. The second-order valence-corrected chi connectivity index (χ2v) is 6.62. The van der Waals surface area contributed by atoms with Crippen molar-refractivity contribution in [2.45, 2.75) is 19.9 Å². The van der Waals surface area contributed by atoms with E-state index in [0.29, 0.717) is 24.2 Å². The van der Waals surface area contributed by atoms with E-state index in [1.807, 2.05) is 23.6 Å². The smallest absolute Gasteiger partial charge is 0.240 e. The Morgan fingerprint density at radius 1 is 1.40 bits per heavy atom. The molecule has 20 heavy (non-hydrogen) atoms. The lowest BCUT2D eigenvalue weighted by Gasteiger charge is -2.28. The zero-order valence-electron chi connectivity index (χ0n) is 11.7. The topological polar surface area (TPSA) is 62.5 Å². The Morgan fingerprint density at radius 3 is 2.90 bits per heavy atom. The summed E-state index contributed by atoms with van der Waals surface area (Å²) in [7, 11) is 0. The van der Waals surface area contributed by atoms with Crippen molar-refractivity contribution in [3.63, 3.8) is 0 Å². The molecule has 2 saturated heterocycles. The predicted molar refractivity (Wildman–Crippen MR) is 76.3 cm³/mol. The van der Waals surface area contributed by atoms with Crippen molar-refractivity contribution >= 4 is 17.7 Å². The Bertz CT molecular complexity index is 473. The quantitative estimate of drug-likeness (QED) is 0.821. The summed E-state index contributed by atoms with van der Waals surface area (Å²) in [4.78, 5) is 20.9. The Kier molecular flexibility index (Phi) is 4.26. The number of amides is 1. The highest BCUT2D eigenvalue weighted by atomic mass is 32.2. The van der Waals surface area contributed by atoms with Crippen LogP contribution in [0.15, 0.2) is 4.52 Å². The minimum Gasteiger partial charge on any atom is -0.341 e. The predicted octanol–water partition coefficient (Wildman–Crippen LogP) is 0.775. The summed E-state index contributed by atoms with van der Waals surface area (Å²) in [6.07, 6.45) is 0.940. The van der Waals surface area contributed by atoms with Gasteiger partial charge in [-0.2, -0.15) is 16.7 Å². The van der Waals surface area contributed by atoms with Crippen LogP contribution < -0.4 is 0 Å². The minimum atomic E-state index is 0.141. The molecule has 0 aromatic carbocycles. The number of likely N-dealkylation sites (tertiary alicyclic amines) is 1. The largest absolute Gasteiger partial charge is 0.341 e. The molecule has 110 valence electrons. The molecule has 1 aromatic heterocycles. The maximum absolute atomic E-state index is 12.4. The fraction of sp³-hybridized carbons (Fsp3) is 0.769. The Balaban J connectivity index is 1.52. The third kappa shape index (κ3) is 3.15. The summed E-state index contributed by atoms with van der Waals surface area (Å²) < 4.78 is 5.14. The van der Waals surface area contributed by atoms with Gasteiger partial charge in [0, 0.05) is 31.1 Å². The number of thioether (sulfide) groups is 1. The summed E-state index contributed by atoms with van der Waals surface area (Å²) in [6.45, 7) is 6.02. The number of aryl methyl sites for hydroxylation is 1. The van der Waals surface area contributed by atoms with Crippen LogP contribution in [-0.2, 0) is 11.3 Å². The number of carbonyl (C=O) groups excluding carboxylic acids is 1. The third-order valence-corrected chi connectivity index (χ3v) is 4.82. The maximum Gasteiger partial charge on any atom is 0.240 e. The van der Waals surface area contributed by atoms with E-state index in [4.69, 9.17) is 4.52 Å². The fourth-order valence-electron chi connectivity index (χ4n) is 2.82. The molecule has 0 radical (unpaired) electrons. The summed E-state index contributed by atoms with van der Waals surface area (Å²) in [6, 6.07) is 0. The molecular weight excluding hydrogens is 276 g/mol. The van der Waals surface area contributed by atoms with Gasteiger partial charge in [0.2, 0.25) is 11.8 Å². The molecular formula is C13H20N4O2S. The van der Waals surface area contributed by atoms with Gasteiger partial charge in [-0.1, -0.05) is 5.16 Å². The van der Waals surface area contributed by atoms with Crippen LogP contribution >= 0.6 is 11.8 Å². The van der Waals surface area contributed by atoms with E-state index in [-0.39, 0.29) is 5.92 Å². The van der Waals surface area contributed by atoms with E-state index in [0.717, 1.165) is 44.1 Å². The molecule has 2 fully saturated rings. The molecule has 1 atom stereocenters. The monoisotopic (exact) mass is 296 g/mol. The van der Waals surface area contributed by atoms with Crippen LogP contribution in [0.25, 0.3) is 0 Å². The SMILES string of the molecule is Cc1noc(CN2CCC(C(=O)N3CCSCC3)C2)n1. The highest BCUT2D eigenvalue weighted by Crippen LogP contribution is 2.22. The number of rotatable bonds is 3. The van der Waals surface area contributed by atoms with Gasteiger partial charge in [0.1, 0.15) is 0 Å². The van der Waals surface area contributed by atoms with Crippen molar-refractivity contribution in [2.24, 2.45) is 5.92 Å². The first kappa shape index (κ1) is 13.9. The van der Waals surface area contributed by atoms with Crippen molar-refractivity contribution in [2.75, 3.05) is 37.7 Å². The second kappa shape index (κ2) is 6.13. The van der Waals surface area contributed by atoms with E-state index in [1.54, 1.807) is 0 Å². The van der Waals surface area contributed by atoms with Gasteiger partial charge in [0.05, 0.1) is 12.5 Å². The van der Waals surface area contributed by atoms with E-state index in [9.17, 15) is 4.79 Å². The average Bonchev–Trinajstić information content (AvgIpc) is 3.09. The average molecular weight is 296 g/mol. The second-order valence-electron chi connectivity index (χ2n) is 5.39. The molecule has 0 N–H and O–H groups in total. The van der Waals surface area contributed by atoms with Gasteiger partial charge in [0.15, 0.2) is 5.82 Å². The third-order valence-electron chi connectivity index (χ3n) is 3.87. The summed E-state index contributed by atoms with van der Waals surface area (Å²) in [5.74, 6) is 3.92. The molecule has 1 aromatic rings. The van der Waals surface area contributed by atoms with Gasteiger partial charge >= 0.3 is 0 Å². The minimum absolute atomic E-state index is 0.141. The van der Waals surface area contributed by atoms with Crippen LogP contribution in [-0.4, -0.2) is 63.5 Å². The lowest BCUT2D eigenvalue weighted by atomic mass is 10.1. The molecule has 0 aliphatic carbocycles. The van der Waals surface area contributed by atoms with Crippen molar-refractivity contribution in [3.05, 3.63) is 11.7 Å². The Hall–Kier alpha value is -1.08. The highest BCUT2D eigenvalue weighted by molar-refractivity contribution is 7.99. The van der Waals surface area contributed by atoms with Crippen LogP contribution in [0.2, 0.25) is 0 Å². The first-order valence-electron chi connectivity index (χ1n) is 7.10. The van der Waals surface area contributed by atoms with Gasteiger partial charge in [-0.15, -0.1) is 0 Å². The van der Waals surface area contributed by atoms with E-state index in [1.165, 1.54) is 0 Å². The van der Waals surface area contributed by atoms with Gasteiger partial charge in [0.25, 0.3) is 0 Å². The maximum atomic E-state index is 12.4. The Morgan fingerprint density at radius 2 is 2.20 bits per heavy atom. The highest BCUT2D eigenvalue weighted by Gasteiger charge is 2.32. The number of hydrogen-bond acceptors (Lipinski definition) is 6. The molecule has 1 amide bonds. The molecule has 6 nitrogen and oxygen atoms in total. The molecule has 3 rings (SSSR count). The first-order valence-corrected chi connectivity index (χ1v) is 8.26. The number of nitrogens with zero attached hydrogens (tertiary/aromatic N) is 4. The number of hydrogen-bond donors (Lipinski definition) is 0. The molecule has 0 saturated carbocycles. The van der Waals surface area contributed by atoms with Gasteiger partial charge in [-0.3, -0.25) is 9.69 Å². The van der Waals surface area contributed by atoms with Crippen LogP contribution in [0, 0.1) is 12.8 Å². The first-order chi connectivity index (χ1) is 9.72. The van der Waals surface area contributed by atoms with Crippen LogP contribution in [0.5, 0.6) is 0 Å². The van der Waals surface area contributed by atoms with Crippen molar-refractivity contribution < 1.29 is 9.32 Å². The molecule has 2 aliphatic heterocycles. The van der Waals surface area contributed by atoms with Gasteiger partial charge < -0.3 is 9.42 Å². The van der Waals surface area contributed by atoms with Crippen LogP contribution in [0.3, 0.4) is 0 Å². The van der Waals surface area contributed by atoms with E-state index < -0.39 is 0 Å². The Labute approximate surface area is 122 Å².